The van der Waals surface area contributed by atoms with Gasteiger partial charge in [-0.3, -0.25) is 24.3 Å². The molecule has 9 heteroatoms. The van der Waals surface area contributed by atoms with E-state index in [2.05, 4.69) is 10.4 Å². The Labute approximate surface area is 145 Å². The van der Waals surface area contributed by atoms with Gasteiger partial charge in [-0.15, -0.1) is 0 Å². The Morgan fingerprint density at radius 2 is 1.88 bits per heavy atom. The molecule has 124 valence electrons. The smallest absolute Gasteiger partial charge is 0.262 e. The van der Waals surface area contributed by atoms with Gasteiger partial charge < -0.3 is 5.73 Å². The normalized spacial score (nSPS) is 13.0. The molecule has 8 nitrogen and oxygen atoms in total. The standard InChI is InChI=1S/C16H10ClN5O3/c17-8-2-3-10(21-5-1-4-19-21)11(6-8)22-12(23)7-9-13(14(22)18)16(25)20-15(9)24/h1-7H,18H2,(H,20,24,25). The van der Waals surface area contributed by atoms with Crippen LogP contribution in [0.2, 0.25) is 5.02 Å². The molecule has 0 saturated heterocycles. The van der Waals surface area contributed by atoms with Crippen LogP contribution in [-0.4, -0.2) is 26.2 Å². The zero-order valence-corrected chi connectivity index (χ0v) is 13.3. The Hall–Kier alpha value is -3.39. The maximum Gasteiger partial charge on any atom is 0.262 e. The maximum atomic E-state index is 12.6. The molecule has 3 heterocycles. The largest absolute Gasteiger partial charge is 0.384 e. The lowest BCUT2D eigenvalue weighted by Crippen LogP contribution is -2.25. The molecule has 0 bridgehead atoms. The summed E-state index contributed by atoms with van der Waals surface area (Å²) in [5.74, 6) is -1.43. The number of fused-ring (bicyclic) bond motifs is 1. The SMILES string of the molecule is Nc1c2c(cc(=O)n1-c1cc(Cl)ccc1-n1cccn1)C(=O)NC2=O. The molecule has 0 aliphatic carbocycles. The number of rotatable bonds is 2. The third-order valence-corrected chi connectivity index (χ3v) is 4.12. The van der Waals surface area contributed by atoms with Crippen LogP contribution in [0.4, 0.5) is 5.82 Å². The summed E-state index contributed by atoms with van der Waals surface area (Å²) < 4.78 is 2.68. The van der Waals surface area contributed by atoms with Gasteiger partial charge in [0.15, 0.2) is 0 Å². The van der Waals surface area contributed by atoms with Crippen molar-refractivity contribution < 1.29 is 9.59 Å². The van der Waals surface area contributed by atoms with Crippen LogP contribution in [0.25, 0.3) is 11.4 Å². The summed E-state index contributed by atoms with van der Waals surface area (Å²) in [4.78, 5) is 36.4. The minimum atomic E-state index is -0.645. The highest BCUT2D eigenvalue weighted by Crippen LogP contribution is 2.27. The number of nitrogens with one attached hydrogen (secondary N) is 1. The van der Waals surface area contributed by atoms with Crippen molar-refractivity contribution in [3.8, 4) is 11.4 Å². The molecule has 0 atom stereocenters. The van der Waals surface area contributed by atoms with Crippen molar-refractivity contribution in [3.05, 3.63) is 69.2 Å². The van der Waals surface area contributed by atoms with Gasteiger partial charge >= 0.3 is 0 Å². The van der Waals surface area contributed by atoms with Gasteiger partial charge in [0, 0.05) is 23.5 Å². The predicted molar refractivity (Wildman–Crippen MR) is 90.4 cm³/mol. The van der Waals surface area contributed by atoms with Crippen molar-refractivity contribution in [2.75, 3.05) is 5.73 Å². The summed E-state index contributed by atoms with van der Waals surface area (Å²) in [6, 6.07) is 7.66. The lowest BCUT2D eigenvalue weighted by atomic mass is 10.1. The summed E-state index contributed by atoms with van der Waals surface area (Å²) in [7, 11) is 0. The zero-order chi connectivity index (χ0) is 17.7. The first-order valence-electron chi connectivity index (χ1n) is 7.18. The highest BCUT2D eigenvalue weighted by Gasteiger charge is 2.32. The summed E-state index contributed by atoms with van der Waals surface area (Å²) >= 11 is 6.08. The van der Waals surface area contributed by atoms with E-state index < -0.39 is 17.4 Å². The lowest BCUT2D eigenvalue weighted by molar-refractivity contribution is 0.0880. The molecular weight excluding hydrogens is 346 g/mol. The van der Waals surface area contributed by atoms with E-state index in [-0.39, 0.29) is 16.9 Å². The number of nitrogens with two attached hydrogens (primary N) is 1. The van der Waals surface area contributed by atoms with E-state index in [0.29, 0.717) is 16.4 Å². The van der Waals surface area contributed by atoms with Gasteiger partial charge in [-0.1, -0.05) is 11.6 Å². The van der Waals surface area contributed by atoms with Gasteiger partial charge in [-0.25, -0.2) is 4.68 Å². The number of amides is 2. The number of imide groups is 1. The summed E-state index contributed by atoms with van der Waals surface area (Å²) in [5, 5.41) is 6.65. The molecule has 25 heavy (non-hydrogen) atoms. The monoisotopic (exact) mass is 355 g/mol. The second kappa shape index (κ2) is 5.32. The number of hydrogen-bond donors (Lipinski definition) is 2. The second-order valence-corrected chi connectivity index (χ2v) is 5.80. The molecule has 4 rings (SSSR count). The Morgan fingerprint density at radius 3 is 2.60 bits per heavy atom. The Bertz CT molecular complexity index is 1100. The number of hydrogen-bond acceptors (Lipinski definition) is 5. The van der Waals surface area contributed by atoms with Gasteiger partial charge in [-0.05, 0) is 24.3 Å². The lowest BCUT2D eigenvalue weighted by Gasteiger charge is -2.16. The Balaban J connectivity index is 2.06. The van der Waals surface area contributed by atoms with Crippen LogP contribution in [0.3, 0.4) is 0 Å². The number of halogens is 1. The molecule has 0 unspecified atom stereocenters. The molecule has 0 saturated carbocycles. The molecule has 2 aromatic heterocycles. The molecule has 0 spiro atoms. The van der Waals surface area contributed by atoms with E-state index in [4.69, 9.17) is 17.3 Å². The number of carbonyl (C=O) groups excluding carboxylic acids is 2. The summed E-state index contributed by atoms with van der Waals surface area (Å²) in [6.07, 6.45) is 3.27. The minimum Gasteiger partial charge on any atom is -0.384 e. The first-order chi connectivity index (χ1) is 12.0. The van der Waals surface area contributed by atoms with Gasteiger partial charge in [0.05, 0.1) is 22.5 Å². The fourth-order valence-corrected chi connectivity index (χ4v) is 2.97. The first kappa shape index (κ1) is 15.2. The van der Waals surface area contributed by atoms with Crippen LogP contribution in [0.1, 0.15) is 20.7 Å². The van der Waals surface area contributed by atoms with Crippen molar-refractivity contribution in [2.45, 2.75) is 0 Å². The third kappa shape index (κ3) is 2.23. The van der Waals surface area contributed by atoms with Crippen molar-refractivity contribution in [2.24, 2.45) is 0 Å². The number of anilines is 1. The molecule has 2 amide bonds. The van der Waals surface area contributed by atoms with E-state index in [1.807, 2.05) is 0 Å². The molecule has 0 radical (unpaired) electrons. The number of benzene rings is 1. The van der Waals surface area contributed by atoms with E-state index in [9.17, 15) is 14.4 Å². The minimum absolute atomic E-state index is 0.0315. The van der Waals surface area contributed by atoms with Gasteiger partial charge in [-0.2, -0.15) is 5.10 Å². The number of nitrogens with zero attached hydrogens (tertiary/aromatic N) is 3. The third-order valence-electron chi connectivity index (χ3n) is 3.88. The van der Waals surface area contributed by atoms with Gasteiger partial charge in [0.1, 0.15) is 5.82 Å². The van der Waals surface area contributed by atoms with E-state index >= 15 is 0 Å². The molecule has 3 N–H and O–H groups in total. The first-order valence-corrected chi connectivity index (χ1v) is 7.56. The highest BCUT2D eigenvalue weighted by atomic mass is 35.5. The maximum absolute atomic E-state index is 12.6. The van der Waals surface area contributed by atoms with E-state index in [0.717, 1.165) is 10.6 Å². The zero-order valence-electron chi connectivity index (χ0n) is 12.6. The van der Waals surface area contributed by atoms with Crippen LogP contribution >= 0.6 is 11.6 Å². The van der Waals surface area contributed by atoms with Crippen LogP contribution < -0.4 is 16.6 Å². The van der Waals surface area contributed by atoms with Crippen molar-refractivity contribution >= 4 is 29.2 Å². The van der Waals surface area contributed by atoms with Crippen LogP contribution in [-0.2, 0) is 0 Å². The number of pyridine rings is 1. The van der Waals surface area contributed by atoms with E-state index in [1.54, 1.807) is 30.6 Å². The van der Waals surface area contributed by atoms with Crippen molar-refractivity contribution in [1.82, 2.24) is 19.7 Å². The molecule has 0 fully saturated rings. The molecule has 1 aliphatic rings. The van der Waals surface area contributed by atoms with Crippen molar-refractivity contribution in [1.29, 1.82) is 0 Å². The molecule has 1 aliphatic heterocycles. The van der Waals surface area contributed by atoms with Gasteiger partial charge in [0.2, 0.25) is 0 Å². The molecule has 1 aromatic carbocycles. The van der Waals surface area contributed by atoms with Gasteiger partial charge in [0.25, 0.3) is 17.4 Å². The highest BCUT2D eigenvalue weighted by molar-refractivity contribution is 6.30. The van der Waals surface area contributed by atoms with Crippen molar-refractivity contribution in [3.63, 3.8) is 0 Å². The predicted octanol–water partition coefficient (Wildman–Crippen LogP) is 1.14. The average Bonchev–Trinajstić information content (AvgIpc) is 3.16. The molecular formula is C16H10ClN5O3. The Morgan fingerprint density at radius 1 is 1.08 bits per heavy atom. The number of carbonyl (C=O) groups is 2. The topological polar surface area (TPSA) is 112 Å². The van der Waals surface area contributed by atoms with Crippen LogP contribution in [0.15, 0.2) is 47.5 Å². The van der Waals surface area contributed by atoms with Crippen LogP contribution in [0, 0.1) is 0 Å². The quantitative estimate of drug-likeness (QED) is 0.669. The Kier molecular flexibility index (Phi) is 3.22. The summed E-state index contributed by atoms with van der Waals surface area (Å²) in [6.45, 7) is 0. The fourth-order valence-electron chi connectivity index (χ4n) is 2.81. The number of nitrogen functional groups attached to an aromatic ring is 1. The van der Waals surface area contributed by atoms with E-state index in [1.165, 1.54) is 10.7 Å². The average molecular weight is 356 g/mol. The number of aromatic nitrogens is 3. The fraction of sp³-hybridized carbons (Fsp3) is 0. The molecule has 3 aromatic rings. The van der Waals surface area contributed by atoms with Crippen LogP contribution in [0.5, 0.6) is 0 Å². The summed E-state index contributed by atoms with van der Waals surface area (Å²) in [5.41, 5.74) is 6.32. The second-order valence-electron chi connectivity index (χ2n) is 5.36.